The van der Waals surface area contributed by atoms with Crippen molar-refractivity contribution >= 4 is 5.96 Å². The van der Waals surface area contributed by atoms with E-state index in [1.165, 1.54) is 11.1 Å². The molecule has 7 nitrogen and oxygen atoms in total. The molecule has 2 heterocycles. The van der Waals surface area contributed by atoms with Gasteiger partial charge in [-0.3, -0.25) is 9.67 Å². The van der Waals surface area contributed by atoms with Crippen molar-refractivity contribution in [2.24, 2.45) is 4.99 Å². The van der Waals surface area contributed by atoms with E-state index in [0.717, 1.165) is 24.4 Å². The minimum absolute atomic E-state index is 0.543. The van der Waals surface area contributed by atoms with Gasteiger partial charge in [-0.25, -0.2) is 0 Å². The highest BCUT2D eigenvalue weighted by atomic mass is 16.5. The highest BCUT2D eigenvalue weighted by Gasteiger charge is 2.06. The molecule has 0 aliphatic heterocycles. The molecule has 136 valence electrons. The van der Waals surface area contributed by atoms with Crippen molar-refractivity contribution in [3.63, 3.8) is 0 Å². The van der Waals surface area contributed by atoms with Gasteiger partial charge in [0.2, 0.25) is 0 Å². The summed E-state index contributed by atoms with van der Waals surface area (Å²) in [4.78, 5) is 4.27. The van der Waals surface area contributed by atoms with Crippen molar-refractivity contribution in [3.05, 3.63) is 71.4 Å². The summed E-state index contributed by atoms with van der Waals surface area (Å²) in [7, 11) is 1.75. The Balaban J connectivity index is 1.56. The molecule has 0 unspecified atom stereocenters. The molecule has 0 aliphatic carbocycles. The molecule has 0 spiro atoms. The van der Waals surface area contributed by atoms with Crippen LogP contribution in [0.3, 0.4) is 0 Å². The number of aryl methyl sites for hydroxylation is 1. The third-order valence-corrected chi connectivity index (χ3v) is 4.08. The van der Waals surface area contributed by atoms with Gasteiger partial charge in [0.1, 0.15) is 0 Å². The van der Waals surface area contributed by atoms with Gasteiger partial charge in [-0.05, 0) is 23.6 Å². The molecule has 2 aromatic heterocycles. The normalized spacial score (nSPS) is 11.5. The van der Waals surface area contributed by atoms with Gasteiger partial charge in [0.15, 0.2) is 11.7 Å². The second-order valence-corrected chi connectivity index (χ2v) is 5.89. The number of nitrogens with zero attached hydrogens (tertiary/aromatic N) is 4. The van der Waals surface area contributed by atoms with E-state index in [1.807, 2.05) is 35.1 Å². The van der Waals surface area contributed by atoms with Gasteiger partial charge in [-0.2, -0.15) is 5.10 Å². The van der Waals surface area contributed by atoms with E-state index in [-0.39, 0.29) is 0 Å². The van der Waals surface area contributed by atoms with Crippen LogP contribution in [0.5, 0.6) is 0 Å². The molecule has 2 N–H and O–H groups in total. The third-order valence-electron chi connectivity index (χ3n) is 4.08. The Kier molecular flexibility index (Phi) is 6.03. The zero-order valence-corrected chi connectivity index (χ0v) is 15.1. The van der Waals surface area contributed by atoms with Crippen molar-refractivity contribution in [2.75, 3.05) is 7.05 Å². The van der Waals surface area contributed by atoms with E-state index in [4.69, 9.17) is 4.52 Å². The molecule has 0 fully saturated rings. The molecule has 0 bridgehead atoms. The molecular formula is C19H24N6O. The fraction of sp³-hybridized carbons (Fsp3) is 0.316. The Labute approximate surface area is 153 Å². The lowest BCUT2D eigenvalue weighted by Crippen LogP contribution is -2.36. The van der Waals surface area contributed by atoms with E-state index < -0.39 is 0 Å². The maximum absolute atomic E-state index is 5.29. The Hall–Kier alpha value is -3.09. The Morgan fingerprint density at radius 3 is 2.65 bits per heavy atom. The lowest BCUT2D eigenvalue weighted by Gasteiger charge is -2.14. The quantitative estimate of drug-likeness (QED) is 0.504. The number of rotatable bonds is 7. The fourth-order valence-corrected chi connectivity index (χ4v) is 2.63. The number of guanidine groups is 1. The molecule has 0 radical (unpaired) electrons. The monoisotopic (exact) mass is 352 g/mol. The molecule has 26 heavy (non-hydrogen) atoms. The fourth-order valence-electron chi connectivity index (χ4n) is 2.63. The van der Waals surface area contributed by atoms with Crippen LogP contribution < -0.4 is 10.6 Å². The summed E-state index contributed by atoms with van der Waals surface area (Å²) in [5.74, 6) is 1.51. The highest BCUT2D eigenvalue weighted by Crippen LogP contribution is 2.10. The lowest BCUT2D eigenvalue weighted by molar-refractivity contribution is 0.374. The van der Waals surface area contributed by atoms with E-state index in [1.54, 1.807) is 13.2 Å². The van der Waals surface area contributed by atoms with Gasteiger partial charge in [-0.1, -0.05) is 36.3 Å². The summed E-state index contributed by atoms with van der Waals surface area (Å²) in [6.07, 6.45) is 4.62. The van der Waals surface area contributed by atoms with Crippen molar-refractivity contribution < 1.29 is 4.52 Å². The van der Waals surface area contributed by atoms with Crippen LogP contribution in [0.4, 0.5) is 0 Å². The summed E-state index contributed by atoms with van der Waals surface area (Å²) < 4.78 is 7.20. The number of aliphatic imine (C=N–C) groups is 1. The molecule has 0 aliphatic rings. The number of nitrogens with one attached hydrogen (secondary N) is 2. The Morgan fingerprint density at radius 1 is 1.15 bits per heavy atom. The number of hydrogen-bond acceptors (Lipinski definition) is 4. The lowest BCUT2D eigenvalue weighted by atomic mass is 10.1. The van der Waals surface area contributed by atoms with Crippen LogP contribution in [0.15, 0.2) is 58.3 Å². The van der Waals surface area contributed by atoms with Gasteiger partial charge in [0.25, 0.3) is 0 Å². The van der Waals surface area contributed by atoms with Crippen LogP contribution in [0.1, 0.15) is 29.5 Å². The topological polar surface area (TPSA) is 80.3 Å². The van der Waals surface area contributed by atoms with E-state index >= 15 is 0 Å². The van der Waals surface area contributed by atoms with E-state index in [2.05, 4.69) is 44.9 Å². The van der Waals surface area contributed by atoms with E-state index in [9.17, 15) is 0 Å². The van der Waals surface area contributed by atoms with Crippen LogP contribution >= 0.6 is 0 Å². The molecule has 7 heteroatoms. The van der Waals surface area contributed by atoms with E-state index in [0.29, 0.717) is 19.0 Å². The molecule has 0 amide bonds. The largest absolute Gasteiger partial charge is 0.359 e. The second-order valence-electron chi connectivity index (χ2n) is 5.89. The van der Waals surface area contributed by atoms with Crippen LogP contribution in [-0.4, -0.2) is 27.9 Å². The summed E-state index contributed by atoms with van der Waals surface area (Å²) in [6.45, 7) is 4.01. The van der Waals surface area contributed by atoms with Gasteiger partial charge in [0.05, 0.1) is 18.8 Å². The minimum atomic E-state index is 0.543. The molecular weight excluding hydrogens is 328 g/mol. The highest BCUT2D eigenvalue weighted by molar-refractivity contribution is 5.79. The first-order chi connectivity index (χ1) is 12.8. The molecule has 0 saturated heterocycles. The van der Waals surface area contributed by atoms with Crippen molar-refractivity contribution in [1.29, 1.82) is 0 Å². The van der Waals surface area contributed by atoms with Crippen LogP contribution in [-0.2, 0) is 26.1 Å². The maximum atomic E-state index is 5.29. The van der Waals surface area contributed by atoms with Crippen molar-refractivity contribution in [3.8, 4) is 0 Å². The average Bonchev–Trinajstić information content (AvgIpc) is 3.34. The smallest absolute Gasteiger partial charge is 0.191 e. The third kappa shape index (κ3) is 4.72. The van der Waals surface area contributed by atoms with Gasteiger partial charge in [0, 0.05) is 32.1 Å². The molecule has 3 aromatic rings. The predicted molar refractivity (Wildman–Crippen MR) is 101 cm³/mol. The Bertz CT molecular complexity index is 837. The molecule has 0 atom stereocenters. The van der Waals surface area contributed by atoms with Gasteiger partial charge in [-0.15, -0.1) is 0 Å². The number of aromatic nitrogens is 3. The molecule has 3 rings (SSSR count). The molecule has 0 saturated carbocycles. The first-order valence-electron chi connectivity index (χ1n) is 8.71. The molecule has 1 aromatic carbocycles. The minimum Gasteiger partial charge on any atom is -0.359 e. The average molecular weight is 352 g/mol. The second kappa shape index (κ2) is 8.84. The summed E-state index contributed by atoms with van der Waals surface area (Å²) in [5.41, 5.74) is 3.39. The standard InChI is InChI=1S/C19H24N6O/c1-3-17-11-18(26-24-17)13-22-19(20-2)21-12-15-7-4-5-8-16(15)14-25-10-6-9-23-25/h4-11H,3,12-14H2,1-2H3,(H2,20,21,22). The van der Waals surface area contributed by atoms with Crippen LogP contribution in [0, 0.1) is 0 Å². The van der Waals surface area contributed by atoms with Crippen LogP contribution in [0.25, 0.3) is 0 Å². The van der Waals surface area contributed by atoms with Crippen molar-refractivity contribution in [1.82, 2.24) is 25.6 Å². The summed E-state index contributed by atoms with van der Waals surface area (Å²) in [6, 6.07) is 12.2. The number of hydrogen-bond donors (Lipinski definition) is 2. The van der Waals surface area contributed by atoms with Crippen molar-refractivity contribution in [2.45, 2.75) is 33.0 Å². The Morgan fingerprint density at radius 2 is 1.96 bits per heavy atom. The zero-order chi connectivity index (χ0) is 18.2. The van der Waals surface area contributed by atoms with Gasteiger partial charge < -0.3 is 15.2 Å². The first-order valence-corrected chi connectivity index (χ1v) is 8.71. The SMILES string of the molecule is CCc1cc(CNC(=NC)NCc2ccccc2Cn2cccn2)on1. The summed E-state index contributed by atoms with van der Waals surface area (Å²) in [5, 5.41) is 14.9. The van der Waals surface area contributed by atoms with Gasteiger partial charge >= 0.3 is 0 Å². The number of benzene rings is 1. The summed E-state index contributed by atoms with van der Waals surface area (Å²) >= 11 is 0. The predicted octanol–water partition coefficient (Wildman–Crippen LogP) is 2.35. The zero-order valence-electron chi connectivity index (χ0n) is 15.1. The first kappa shape index (κ1) is 17.7. The van der Waals surface area contributed by atoms with Crippen LogP contribution in [0.2, 0.25) is 0 Å². The maximum Gasteiger partial charge on any atom is 0.191 e.